The molecule has 0 aromatic heterocycles. The van der Waals surface area contributed by atoms with Gasteiger partial charge in [0.05, 0.1) is 0 Å². The molecule has 0 aromatic carbocycles. The lowest BCUT2D eigenvalue weighted by molar-refractivity contribution is -0.167. The molecule has 0 radical (unpaired) electrons. The zero-order chi connectivity index (χ0) is 45.8. The third-order valence-corrected chi connectivity index (χ3v) is 11.8. The summed E-state index contributed by atoms with van der Waals surface area (Å²) in [6, 6.07) is 0. The van der Waals surface area contributed by atoms with Crippen LogP contribution in [-0.2, 0) is 28.6 Å². The van der Waals surface area contributed by atoms with Crippen molar-refractivity contribution in [3.05, 3.63) is 48.6 Å². The highest BCUT2D eigenvalue weighted by Gasteiger charge is 2.19. The summed E-state index contributed by atoms with van der Waals surface area (Å²) < 4.78 is 16.8. The number of esters is 3. The number of ether oxygens (including phenoxy) is 3. The summed E-state index contributed by atoms with van der Waals surface area (Å²) in [6.07, 6.45) is 62.3. The lowest BCUT2D eigenvalue weighted by atomic mass is 10.1. The lowest BCUT2D eigenvalue weighted by Gasteiger charge is -2.18. The fourth-order valence-electron chi connectivity index (χ4n) is 7.62. The fraction of sp³-hybridized carbons (Fsp3) is 0.807. The molecule has 1 atom stereocenters. The van der Waals surface area contributed by atoms with Gasteiger partial charge in [0.2, 0.25) is 0 Å². The second-order valence-corrected chi connectivity index (χ2v) is 18.1. The van der Waals surface area contributed by atoms with Crippen LogP contribution in [0.3, 0.4) is 0 Å². The summed E-state index contributed by atoms with van der Waals surface area (Å²) in [6.45, 7) is 6.58. The van der Waals surface area contributed by atoms with Crippen molar-refractivity contribution in [3.63, 3.8) is 0 Å². The molecule has 0 saturated heterocycles. The maximum atomic E-state index is 12.8. The number of hydrogen-bond donors (Lipinski definition) is 0. The molecule has 0 heterocycles. The van der Waals surface area contributed by atoms with Crippen molar-refractivity contribution in [2.24, 2.45) is 0 Å². The van der Waals surface area contributed by atoms with Crippen molar-refractivity contribution in [1.82, 2.24) is 0 Å². The Morgan fingerprint density at radius 2 is 0.587 bits per heavy atom. The molecule has 0 aliphatic rings. The number of carbonyl (C=O) groups excluding carboxylic acids is 3. The van der Waals surface area contributed by atoms with E-state index in [-0.39, 0.29) is 31.1 Å². The van der Waals surface area contributed by atoms with E-state index in [1.807, 2.05) is 0 Å². The van der Waals surface area contributed by atoms with Gasteiger partial charge in [-0.3, -0.25) is 14.4 Å². The smallest absolute Gasteiger partial charge is 0.306 e. The van der Waals surface area contributed by atoms with E-state index in [4.69, 9.17) is 14.2 Å². The Kier molecular flexibility index (Phi) is 49.8. The van der Waals surface area contributed by atoms with Crippen LogP contribution in [0.25, 0.3) is 0 Å². The molecule has 0 aromatic rings. The Morgan fingerprint density at radius 1 is 0.317 bits per heavy atom. The molecule has 0 fully saturated rings. The molecule has 0 N–H and O–H groups in total. The number of carbonyl (C=O) groups is 3. The first-order chi connectivity index (χ1) is 31.0. The largest absolute Gasteiger partial charge is 0.462 e. The van der Waals surface area contributed by atoms with Crippen LogP contribution in [0.4, 0.5) is 0 Å². The summed E-state index contributed by atoms with van der Waals surface area (Å²) in [7, 11) is 0. The van der Waals surface area contributed by atoms with Crippen molar-refractivity contribution in [3.8, 4) is 0 Å². The van der Waals surface area contributed by atoms with Gasteiger partial charge in [0.25, 0.3) is 0 Å². The maximum Gasteiger partial charge on any atom is 0.306 e. The molecule has 6 nitrogen and oxygen atoms in total. The number of unbranched alkanes of at least 4 members (excludes halogenated alkanes) is 30. The molecule has 0 rings (SSSR count). The van der Waals surface area contributed by atoms with Crippen LogP contribution in [0.15, 0.2) is 48.6 Å². The topological polar surface area (TPSA) is 78.9 Å². The Labute approximate surface area is 390 Å². The van der Waals surface area contributed by atoms with Crippen molar-refractivity contribution >= 4 is 17.9 Å². The predicted molar refractivity (Wildman–Crippen MR) is 270 cm³/mol. The van der Waals surface area contributed by atoms with Gasteiger partial charge in [-0.1, -0.05) is 211 Å². The average Bonchev–Trinajstić information content (AvgIpc) is 3.28. The Hall–Kier alpha value is -2.63. The van der Waals surface area contributed by atoms with Crippen molar-refractivity contribution < 1.29 is 28.6 Å². The molecule has 6 heteroatoms. The molecule has 0 unspecified atom stereocenters. The van der Waals surface area contributed by atoms with Gasteiger partial charge in [0.1, 0.15) is 13.2 Å². The van der Waals surface area contributed by atoms with Crippen LogP contribution in [0, 0.1) is 0 Å². The fourth-order valence-corrected chi connectivity index (χ4v) is 7.62. The van der Waals surface area contributed by atoms with Crippen LogP contribution in [0.1, 0.15) is 278 Å². The summed E-state index contributed by atoms with van der Waals surface area (Å²) in [5.41, 5.74) is 0. The molecule has 0 bridgehead atoms. The quantitative estimate of drug-likeness (QED) is 0.0262. The zero-order valence-electron chi connectivity index (χ0n) is 41.8. The Bertz CT molecular complexity index is 1110. The highest BCUT2D eigenvalue weighted by molar-refractivity contribution is 5.71. The van der Waals surface area contributed by atoms with E-state index < -0.39 is 6.10 Å². The predicted octanol–water partition coefficient (Wildman–Crippen LogP) is 17.9. The van der Waals surface area contributed by atoms with Gasteiger partial charge in [-0.2, -0.15) is 0 Å². The van der Waals surface area contributed by atoms with E-state index in [0.29, 0.717) is 19.3 Å². The average molecular weight is 883 g/mol. The van der Waals surface area contributed by atoms with E-state index >= 15 is 0 Å². The van der Waals surface area contributed by atoms with E-state index in [1.165, 1.54) is 148 Å². The maximum absolute atomic E-state index is 12.8. The van der Waals surface area contributed by atoms with Gasteiger partial charge in [-0.15, -0.1) is 0 Å². The third kappa shape index (κ3) is 50.2. The second-order valence-electron chi connectivity index (χ2n) is 18.1. The van der Waals surface area contributed by atoms with Crippen LogP contribution in [-0.4, -0.2) is 37.2 Å². The van der Waals surface area contributed by atoms with Gasteiger partial charge >= 0.3 is 17.9 Å². The minimum atomic E-state index is -0.784. The Balaban J connectivity index is 4.39. The van der Waals surface area contributed by atoms with Crippen LogP contribution in [0.2, 0.25) is 0 Å². The molecule has 366 valence electrons. The Morgan fingerprint density at radius 3 is 0.937 bits per heavy atom. The molecule has 63 heavy (non-hydrogen) atoms. The normalized spacial score (nSPS) is 12.4. The van der Waals surface area contributed by atoms with Crippen molar-refractivity contribution in [1.29, 1.82) is 0 Å². The van der Waals surface area contributed by atoms with Gasteiger partial charge in [0, 0.05) is 19.3 Å². The summed E-state index contributed by atoms with van der Waals surface area (Å²) in [5.74, 6) is -0.901. The van der Waals surface area contributed by atoms with Crippen molar-refractivity contribution in [2.45, 2.75) is 284 Å². The van der Waals surface area contributed by atoms with E-state index in [2.05, 4.69) is 69.4 Å². The summed E-state index contributed by atoms with van der Waals surface area (Å²) >= 11 is 0. The zero-order valence-corrected chi connectivity index (χ0v) is 41.8. The van der Waals surface area contributed by atoms with Crippen LogP contribution in [0.5, 0.6) is 0 Å². The first-order valence-electron chi connectivity index (χ1n) is 27.1. The molecule has 0 aliphatic carbocycles. The van der Waals surface area contributed by atoms with E-state index in [0.717, 1.165) is 89.9 Å². The van der Waals surface area contributed by atoms with Gasteiger partial charge in [-0.05, 0) is 96.3 Å². The lowest BCUT2D eigenvalue weighted by Crippen LogP contribution is -2.30. The van der Waals surface area contributed by atoms with Gasteiger partial charge in [0.15, 0.2) is 6.10 Å². The van der Waals surface area contributed by atoms with Crippen LogP contribution < -0.4 is 0 Å². The highest BCUT2D eigenvalue weighted by atomic mass is 16.6. The molecule has 0 saturated carbocycles. The third-order valence-electron chi connectivity index (χ3n) is 11.8. The standard InChI is InChI=1S/C57H102O6/c1-4-7-10-13-16-19-22-25-28-29-30-33-35-38-41-44-47-50-56(59)62-53-54(63-57(60)51-48-45-42-39-36-32-27-24-21-18-15-12-9-6-3)52-61-55(58)49-46-43-40-37-34-31-26-23-20-17-14-11-8-5-2/h15,18,23-28,54H,4-14,16-17,19-22,29-53H2,1-3H3/b18-15+,26-23+,27-24+,28-25+/t54-/m1/s1. The number of allylic oxidation sites excluding steroid dienone is 8. The van der Waals surface area contributed by atoms with Crippen molar-refractivity contribution in [2.75, 3.05) is 13.2 Å². The first-order valence-corrected chi connectivity index (χ1v) is 27.1. The van der Waals surface area contributed by atoms with Gasteiger partial charge in [-0.25, -0.2) is 0 Å². The monoisotopic (exact) mass is 883 g/mol. The minimum absolute atomic E-state index is 0.0827. The molecule has 0 aliphatic heterocycles. The second kappa shape index (κ2) is 52.0. The first kappa shape index (κ1) is 60.4. The minimum Gasteiger partial charge on any atom is -0.462 e. The summed E-state index contributed by atoms with van der Waals surface area (Å²) in [5, 5.41) is 0. The van der Waals surface area contributed by atoms with Crippen LogP contribution >= 0.6 is 0 Å². The number of rotatable bonds is 49. The van der Waals surface area contributed by atoms with E-state index in [9.17, 15) is 14.4 Å². The SMILES string of the molecule is CCCC/C=C/C/C=C/CCCCCCCC(=O)O[C@H](COC(=O)CCCCCCC/C=C/CCCCCCC)COC(=O)CCCCCCCCC/C=C/CCCCCCCC. The van der Waals surface area contributed by atoms with E-state index in [1.54, 1.807) is 0 Å². The molecular weight excluding hydrogens is 781 g/mol. The molecule has 0 amide bonds. The highest BCUT2D eigenvalue weighted by Crippen LogP contribution is 2.15. The van der Waals surface area contributed by atoms with Gasteiger partial charge < -0.3 is 14.2 Å². The summed E-state index contributed by atoms with van der Waals surface area (Å²) in [4.78, 5) is 38.0. The molecule has 0 spiro atoms. The number of hydrogen-bond acceptors (Lipinski definition) is 6. The molecular formula is C57H102O6.